The Morgan fingerprint density at radius 1 is 1.08 bits per heavy atom. The fourth-order valence-corrected chi connectivity index (χ4v) is 6.87. The molecular formula is C30H36N8O. The zero-order valence-electron chi connectivity index (χ0n) is 23.5. The van der Waals surface area contributed by atoms with Gasteiger partial charge in [-0.05, 0) is 49.7 Å². The van der Waals surface area contributed by atoms with Crippen molar-refractivity contribution in [1.29, 1.82) is 5.26 Å². The third-order valence-electron chi connectivity index (χ3n) is 8.76. The van der Waals surface area contributed by atoms with Crippen LogP contribution in [0.4, 0.5) is 17.2 Å². The lowest BCUT2D eigenvalue weighted by atomic mass is 10.1. The van der Waals surface area contributed by atoms with Gasteiger partial charge in [0.15, 0.2) is 0 Å². The molecule has 1 aromatic carbocycles. The van der Waals surface area contributed by atoms with E-state index in [1.165, 1.54) is 12.1 Å². The lowest BCUT2D eigenvalue weighted by Crippen LogP contribution is -2.54. The summed E-state index contributed by atoms with van der Waals surface area (Å²) in [4.78, 5) is 19.0. The minimum absolute atomic E-state index is 0.0932. The number of ether oxygens (including phenoxy) is 1. The van der Waals surface area contributed by atoms with Crippen LogP contribution in [0.15, 0.2) is 48.8 Å². The molecule has 4 atom stereocenters. The SMILES string of the molecule is [2H]c1ccc2c(N3C[C@H](CN4CCN(c5ccc(N6C[C@H]7C[C@@H]6CN7)nc5)CC4)O[C@H](C)C3)ccc(C#N)c2n1. The Hall–Kier alpha value is -3.45. The lowest BCUT2D eigenvalue weighted by molar-refractivity contribution is -0.0327. The summed E-state index contributed by atoms with van der Waals surface area (Å²) in [5.74, 6) is 1.11. The highest BCUT2D eigenvalue weighted by Gasteiger charge is 2.38. The first-order valence-electron chi connectivity index (χ1n) is 14.7. The van der Waals surface area contributed by atoms with Crippen LogP contribution in [0.25, 0.3) is 10.9 Å². The molecule has 4 fully saturated rings. The Morgan fingerprint density at radius 3 is 2.72 bits per heavy atom. The molecule has 4 aliphatic heterocycles. The second-order valence-electron chi connectivity index (χ2n) is 11.4. The zero-order chi connectivity index (χ0) is 27.2. The van der Waals surface area contributed by atoms with Crippen LogP contribution < -0.4 is 20.0 Å². The molecule has 0 saturated carbocycles. The van der Waals surface area contributed by atoms with Crippen molar-refractivity contribution in [2.75, 3.05) is 73.6 Å². The van der Waals surface area contributed by atoms with Gasteiger partial charge in [-0.1, -0.05) is 0 Å². The van der Waals surface area contributed by atoms with E-state index in [1.807, 2.05) is 18.2 Å². The molecule has 0 radical (unpaired) electrons. The largest absolute Gasteiger partial charge is 0.370 e. The lowest BCUT2D eigenvalue weighted by Gasteiger charge is -2.42. The van der Waals surface area contributed by atoms with Crippen molar-refractivity contribution in [2.45, 2.75) is 37.6 Å². The summed E-state index contributed by atoms with van der Waals surface area (Å²) in [6.45, 7) is 10.7. The minimum Gasteiger partial charge on any atom is -0.370 e. The molecule has 2 bridgehead atoms. The van der Waals surface area contributed by atoms with Crippen LogP contribution in [0, 0.1) is 11.3 Å². The maximum Gasteiger partial charge on any atom is 0.128 e. The summed E-state index contributed by atoms with van der Waals surface area (Å²) in [5.41, 5.74) is 3.37. The number of nitrogens with zero attached hydrogens (tertiary/aromatic N) is 7. The molecule has 7 rings (SSSR count). The topological polar surface area (TPSA) is 83.8 Å². The van der Waals surface area contributed by atoms with Gasteiger partial charge in [-0.2, -0.15) is 5.26 Å². The molecular weight excluding hydrogens is 488 g/mol. The van der Waals surface area contributed by atoms with Crippen LogP contribution in [-0.4, -0.2) is 98.1 Å². The third kappa shape index (κ3) is 4.78. The van der Waals surface area contributed by atoms with E-state index in [1.54, 1.807) is 6.07 Å². The van der Waals surface area contributed by atoms with E-state index in [2.05, 4.69) is 61.2 Å². The van der Waals surface area contributed by atoms with E-state index in [-0.39, 0.29) is 18.4 Å². The summed E-state index contributed by atoms with van der Waals surface area (Å²) < 4.78 is 14.3. The van der Waals surface area contributed by atoms with Crippen LogP contribution >= 0.6 is 0 Å². The standard InChI is InChI=1S/C30H36N8O/c1-21-17-37(28-6-4-22(14-31)30-27(28)3-2-8-32-30)20-26(39-21)19-35-9-11-36(12-10-35)24-5-7-29(34-15-24)38-18-23-13-25(38)16-33-23/h2-8,15,21,23,25-26,33H,9-13,16-20H2,1H3/t21-,23-,25-,26+/m1/s1/i8D. The van der Waals surface area contributed by atoms with Gasteiger partial charge in [0.25, 0.3) is 0 Å². The zero-order valence-corrected chi connectivity index (χ0v) is 22.5. The number of nitrogens with one attached hydrogen (secondary N) is 1. The van der Waals surface area contributed by atoms with E-state index < -0.39 is 0 Å². The number of aromatic nitrogens is 2. The van der Waals surface area contributed by atoms with Crippen molar-refractivity contribution in [3.05, 3.63) is 54.3 Å². The Kier molecular flexibility index (Phi) is 6.17. The molecule has 4 saturated heterocycles. The van der Waals surface area contributed by atoms with Crippen molar-refractivity contribution in [2.24, 2.45) is 0 Å². The molecule has 4 aliphatic rings. The van der Waals surface area contributed by atoms with Gasteiger partial charge >= 0.3 is 0 Å². The van der Waals surface area contributed by atoms with Crippen LogP contribution in [-0.2, 0) is 4.74 Å². The summed E-state index contributed by atoms with van der Waals surface area (Å²) in [6, 6.07) is 15.3. The first-order valence-corrected chi connectivity index (χ1v) is 14.2. The van der Waals surface area contributed by atoms with Gasteiger partial charge in [-0.3, -0.25) is 9.88 Å². The molecule has 0 amide bonds. The highest BCUT2D eigenvalue weighted by molar-refractivity contribution is 5.95. The van der Waals surface area contributed by atoms with Crippen LogP contribution in [0.5, 0.6) is 0 Å². The van der Waals surface area contributed by atoms with Crippen LogP contribution in [0.2, 0.25) is 0 Å². The molecule has 9 nitrogen and oxygen atoms in total. The van der Waals surface area contributed by atoms with Crippen LogP contribution in [0.1, 0.15) is 20.3 Å². The summed E-state index contributed by atoms with van der Waals surface area (Å²) in [7, 11) is 0. The molecule has 9 heteroatoms. The average molecular weight is 526 g/mol. The normalized spacial score (nSPS) is 27.7. The van der Waals surface area contributed by atoms with Gasteiger partial charge in [0, 0.05) is 88.2 Å². The summed E-state index contributed by atoms with van der Waals surface area (Å²) >= 11 is 0. The van der Waals surface area contributed by atoms with Gasteiger partial charge in [-0.15, -0.1) is 0 Å². The number of rotatable bonds is 5. The van der Waals surface area contributed by atoms with Gasteiger partial charge < -0.3 is 24.8 Å². The molecule has 202 valence electrons. The number of nitriles is 1. The van der Waals surface area contributed by atoms with Crippen molar-refractivity contribution in [1.82, 2.24) is 20.2 Å². The molecule has 39 heavy (non-hydrogen) atoms. The molecule has 0 aliphatic carbocycles. The number of anilines is 3. The van der Waals surface area contributed by atoms with Gasteiger partial charge in [0.1, 0.15) is 11.9 Å². The fraction of sp³-hybridized carbons (Fsp3) is 0.500. The smallest absolute Gasteiger partial charge is 0.128 e. The van der Waals surface area contributed by atoms with E-state index >= 15 is 0 Å². The van der Waals surface area contributed by atoms with Crippen molar-refractivity contribution < 1.29 is 6.11 Å². The molecule has 0 unspecified atom stereocenters. The predicted molar refractivity (Wildman–Crippen MR) is 153 cm³/mol. The number of hydrogen-bond acceptors (Lipinski definition) is 9. The number of pyridine rings is 2. The van der Waals surface area contributed by atoms with E-state index in [9.17, 15) is 5.26 Å². The number of fused-ring (bicyclic) bond motifs is 3. The first kappa shape index (κ1) is 23.4. The summed E-state index contributed by atoms with van der Waals surface area (Å²) in [5, 5.41) is 14.0. The molecule has 2 aromatic heterocycles. The quantitative estimate of drug-likeness (QED) is 0.540. The summed E-state index contributed by atoms with van der Waals surface area (Å²) in [6.07, 6.45) is 3.65. The van der Waals surface area contributed by atoms with Crippen LogP contribution in [0.3, 0.4) is 0 Å². The van der Waals surface area contributed by atoms with Crippen molar-refractivity contribution in [3.8, 4) is 6.07 Å². The van der Waals surface area contributed by atoms with Gasteiger partial charge in [0.2, 0.25) is 0 Å². The second kappa shape index (κ2) is 10.3. The Balaban J connectivity index is 0.976. The Labute approximate surface area is 231 Å². The van der Waals surface area contributed by atoms with E-state index in [4.69, 9.17) is 11.1 Å². The number of hydrogen-bond donors (Lipinski definition) is 1. The molecule has 6 heterocycles. The second-order valence-corrected chi connectivity index (χ2v) is 11.4. The first-order chi connectivity index (χ1) is 19.5. The number of piperazine rings is 2. The third-order valence-corrected chi connectivity index (χ3v) is 8.76. The van der Waals surface area contributed by atoms with E-state index in [0.717, 1.165) is 75.8 Å². The maximum absolute atomic E-state index is 9.56. The average Bonchev–Trinajstić information content (AvgIpc) is 3.61. The molecule has 3 aromatic rings. The predicted octanol–water partition coefficient (Wildman–Crippen LogP) is 2.47. The minimum atomic E-state index is 0.0932. The molecule has 0 spiro atoms. The Morgan fingerprint density at radius 2 is 1.97 bits per heavy atom. The monoisotopic (exact) mass is 525 g/mol. The highest BCUT2D eigenvalue weighted by Crippen LogP contribution is 2.31. The maximum atomic E-state index is 9.56. The number of morpholine rings is 1. The van der Waals surface area contributed by atoms with Crippen molar-refractivity contribution >= 4 is 28.1 Å². The fourth-order valence-electron chi connectivity index (χ4n) is 6.87. The molecule has 1 N–H and O–H groups in total. The van der Waals surface area contributed by atoms with E-state index in [0.29, 0.717) is 23.2 Å². The van der Waals surface area contributed by atoms with Gasteiger partial charge in [0.05, 0.1) is 36.5 Å². The Bertz CT molecular complexity index is 1420. The van der Waals surface area contributed by atoms with Gasteiger partial charge in [-0.25, -0.2) is 4.98 Å². The highest BCUT2D eigenvalue weighted by atomic mass is 16.5. The van der Waals surface area contributed by atoms with Crippen molar-refractivity contribution in [3.63, 3.8) is 0 Å². The number of benzene rings is 1.